The third-order valence-corrected chi connectivity index (χ3v) is 17.4. The van der Waals surface area contributed by atoms with Crippen LogP contribution < -0.4 is 0 Å². The van der Waals surface area contributed by atoms with Crippen LogP contribution in [0.25, 0.3) is 0 Å². The maximum Gasteiger partial charge on any atom is 0.306 e. The van der Waals surface area contributed by atoms with Gasteiger partial charge in [0.2, 0.25) is 0 Å². The molecule has 0 fully saturated rings. The van der Waals surface area contributed by atoms with Gasteiger partial charge in [-0.05, 0) is 19.3 Å². The quantitative estimate of drug-likeness (QED) is 0.0343. The Hall–Kier alpha value is -1.59. The Bertz CT molecular complexity index is 1200. The maximum atomic E-state index is 13.0. The Morgan fingerprint density at radius 3 is 0.500 bits per heavy atom. The third-order valence-electron chi connectivity index (χ3n) is 17.4. The Morgan fingerprint density at radius 1 is 0.200 bits per heavy atom. The van der Waals surface area contributed by atoms with E-state index in [2.05, 4.69) is 20.8 Å². The summed E-state index contributed by atoms with van der Waals surface area (Å²) >= 11 is 0. The highest BCUT2D eigenvalue weighted by molar-refractivity contribution is 5.71. The zero-order chi connectivity index (χ0) is 57.8. The average molecular weight is 1130 g/mol. The molecular formula is C74H144O6. The van der Waals surface area contributed by atoms with Crippen LogP contribution in [0, 0.1) is 0 Å². The molecule has 80 heavy (non-hydrogen) atoms. The van der Waals surface area contributed by atoms with Gasteiger partial charge in [-0.1, -0.05) is 400 Å². The van der Waals surface area contributed by atoms with E-state index in [9.17, 15) is 14.4 Å². The molecule has 0 radical (unpaired) electrons. The minimum atomic E-state index is -0.764. The number of ether oxygens (including phenoxy) is 3. The van der Waals surface area contributed by atoms with Crippen molar-refractivity contribution >= 4 is 17.9 Å². The van der Waals surface area contributed by atoms with Crippen LogP contribution in [0.5, 0.6) is 0 Å². The molecule has 1 unspecified atom stereocenters. The van der Waals surface area contributed by atoms with Crippen molar-refractivity contribution in [3.05, 3.63) is 0 Å². The number of hydrogen-bond acceptors (Lipinski definition) is 6. The highest BCUT2D eigenvalue weighted by Crippen LogP contribution is 2.20. The van der Waals surface area contributed by atoms with Crippen molar-refractivity contribution in [1.29, 1.82) is 0 Å². The van der Waals surface area contributed by atoms with Crippen LogP contribution in [-0.2, 0) is 28.6 Å². The van der Waals surface area contributed by atoms with Crippen molar-refractivity contribution in [3.63, 3.8) is 0 Å². The molecule has 0 amide bonds. The van der Waals surface area contributed by atoms with Gasteiger partial charge in [-0.15, -0.1) is 0 Å². The molecule has 0 N–H and O–H groups in total. The minimum Gasteiger partial charge on any atom is -0.462 e. The molecule has 0 aliphatic heterocycles. The molecule has 0 spiro atoms. The van der Waals surface area contributed by atoms with E-state index in [4.69, 9.17) is 14.2 Å². The molecule has 0 saturated heterocycles. The molecule has 0 aromatic heterocycles. The lowest BCUT2D eigenvalue weighted by Crippen LogP contribution is -2.30. The molecule has 0 bridgehead atoms. The monoisotopic (exact) mass is 1130 g/mol. The molecular weight excluding hydrogens is 985 g/mol. The number of hydrogen-bond donors (Lipinski definition) is 0. The second-order valence-electron chi connectivity index (χ2n) is 25.6. The van der Waals surface area contributed by atoms with E-state index >= 15 is 0 Å². The fourth-order valence-corrected chi connectivity index (χ4v) is 11.8. The topological polar surface area (TPSA) is 78.9 Å². The van der Waals surface area contributed by atoms with E-state index in [0.717, 1.165) is 57.8 Å². The van der Waals surface area contributed by atoms with Gasteiger partial charge in [-0.25, -0.2) is 0 Å². The van der Waals surface area contributed by atoms with E-state index in [-0.39, 0.29) is 31.1 Å². The first kappa shape index (κ1) is 78.4. The number of esters is 3. The van der Waals surface area contributed by atoms with Crippen molar-refractivity contribution in [1.82, 2.24) is 0 Å². The molecule has 0 aliphatic carbocycles. The number of unbranched alkanes of at least 4 members (excludes halogenated alkanes) is 59. The summed E-state index contributed by atoms with van der Waals surface area (Å²) in [5.74, 6) is -0.814. The molecule has 0 heterocycles. The van der Waals surface area contributed by atoms with Gasteiger partial charge < -0.3 is 14.2 Å². The number of rotatable bonds is 70. The zero-order valence-corrected chi connectivity index (χ0v) is 54.9. The SMILES string of the molecule is CCCCCCCCCCCCCCCCCCCCCCCCCC(=O)OCC(COC(=O)CCCCCCCCCCCCCCCCCCCCC)OC(=O)CCCCCCCCCCCCCCCCCCCCCC. The van der Waals surface area contributed by atoms with Crippen LogP contribution in [0.2, 0.25) is 0 Å². The highest BCUT2D eigenvalue weighted by atomic mass is 16.6. The first-order valence-corrected chi connectivity index (χ1v) is 37.0. The predicted octanol–water partition coefficient (Wildman–Crippen LogP) is 25.4. The summed E-state index contributed by atoms with van der Waals surface area (Å²) in [6, 6.07) is 0. The lowest BCUT2D eigenvalue weighted by Gasteiger charge is -2.18. The maximum absolute atomic E-state index is 13.0. The molecule has 1 atom stereocenters. The van der Waals surface area contributed by atoms with Gasteiger partial charge in [-0.3, -0.25) is 14.4 Å². The summed E-state index contributed by atoms with van der Waals surface area (Å²) < 4.78 is 17.1. The average Bonchev–Trinajstić information content (AvgIpc) is 3.46. The van der Waals surface area contributed by atoms with Crippen molar-refractivity contribution in [2.75, 3.05) is 13.2 Å². The molecule has 476 valence electrons. The number of carbonyl (C=O) groups excluding carboxylic acids is 3. The lowest BCUT2D eigenvalue weighted by atomic mass is 10.0. The second-order valence-corrected chi connectivity index (χ2v) is 25.6. The fourth-order valence-electron chi connectivity index (χ4n) is 11.8. The van der Waals surface area contributed by atoms with Gasteiger partial charge in [0.05, 0.1) is 0 Å². The molecule has 0 aliphatic rings. The number of carbonyl (C=O) groups is 3. The van der Waals surface area contributed by atoms with E-state index < -0.39 is 6.10 Å². The van der Waals surface area contributed by atoms with E-state index in [1.165, 1.54) is 340 Å². The molecule has 0 saturated carbocycles. The molecule has 0 aromatic rings. The Kier molecular flexibility index (Phi) is 68.5. The van der Waals surface area contributed by atoms with Crippen molar-refractivity contribution < 1.29 is 28.6 Å². The summed E-state index contributed by atoms with van der Waals surface area (Å²) in [5, 5.41) is 0. The molecule has 6 heteroatoms. The summed E-state index contributed by atoms with van der Waals surface area (Å²) in [6.07, 6.45) is 82.8. The van der Waals surface area contributed by atoms with Gasteiger partial charge in [-0.2, -0.15) is 0 Å². The zero-order valence-electron chi connectivity index (χ0n) is 54.9. The van der Waals surface area contributed by atoms with Gasteiger partial charge in [0, 0.05) is 19.3 Å². The van der Waals surface area contributed by atoms with Crippen molar-refractivity contribution in [2.45, 2.75) is 444 Å². The smallest absolute Gasteiger partial charge is 0.306 e. The standard InChI is InChI=1S/C74H144O6/c1-4-7-10-13-16-19-22-25-28-31-34-36-37-38-41-43-46-49-52-55-58-61-64-67-73(76)79-70-71(69-78-72(75)66-63-60-57-54-51-48-45-42-39-33-30-27-24-21-18-15-12-9-6-3)80-74(77)68-65-62-59-56-53-50-47-44-40-35-32-29-26-23-20-17-14-11-8-5-2/h71H,4-70H2,1-3H3. The second kappa shape index (κ2) is 69.9. The molecule has 6 nitrogen and oxygen atoms in total. The Morgan fingerprint density at radius 2 is 0.338 bits per heavy atom. The summed E-state index contributed by atoms with van der Waals surface area (Å²) in [5.41, 5.74) is 0. The van der Waals surface area contributed by atoms with Crippen LogP contribution in [0.1, 0.15) is 438 Å². The van der Waals surface area contributed by atoms with Crippen LogP contribution in [0.3, 0.4) is 0 Å². The summed E-state index contributed by atoms with van der Waals surface area (Å²) in [6.45, 7) is 6.76. The van der Waals surface area contributed by atoms with Gasteiger partial charge in [0.25, 0.3) is 0 Å². The molecule has 0 aromatic carbocycles. The molecule has 0 rings (SSSR count). The first-order valence-electron chi connectivity index (χ1n) is 37.0. The minimum absolute atomic E-state index is 0.0598. The first-order chi connectivity index (χ1) is 39.5. The van der Waals surface area contributed by atoms with Crippen LogP contribution in [0.4, 0.5) is 0 Å². The Labute approximate surface area is 501 Å². The Balaban J connectivity index is 4.25. The van der Waals surface area contributed by atoms with Crippen LogP contribution >= 0.6 is 0 Å². The van der Waals surface area contributed by atoms with E-state index in [0.29, 0.717) is 19.3 Å². The van der Waals surface area contributed by atoms with Crippen LogP contribution in [-0.4, -0.2) is 37.2 Å². The van der Waals surface area contributed by atoms with E-state index in [1.54, 1.807) is 0 Å². The van der Waals surface area contributed by atoms with E-state index in [1.807, 2.05) is 0 Å². The van der Waals surface area contributed by atoms with Gasteiger partial charge >= 0.3 is 17.9 Å². The predicted molar refractivity (Wildman–Crippen MR) is 349 cm³/mol. The summed E-state index contributed by atoms with van der Waals surface area (Å²) in [4.78, 5) is 38.5. The lowest BCUT2D eigenvalue weighted by molar-refractivity contribution is -0.167. The largest absolute Gasteiger partial charge is 0.462 e. The fraction of sp³-hybridized carbons (Fsp3) is 0.959. The van der Waals surface area contributed by atoms with Gasteiger partial charge in [0.1, 0.15) is 13.2 Å². The van der Waals surface area contributed by atoms with Crippen molar-refractivity contribution in [3.8, 4) is 0 Å². The normalized spacial score (nSPS) is 11.9. The summed E-state index contributed by atoms with van der Waals surface area (Å²) in [7, 11) is 0. The van der Waals surface area contributed by atoms with Crippen molar-refractivity contribution in [2.24, 2.45) is 0 Å². The third kappa shape index (κ3) is 67.2. The van der Waals surface area contributed by atoms with Gasteiger partial charge in [0.15, 0.2) is 6.10 Å². The highest BCUT2D eigenvalue weighted by Gasteiger charge is 2.20. The van der Waals surface area contributed by atoms with Crippen LogP contribution in [0.15, 0.2) is 0 Å².